The molecule has 7 nitrogen and oxygen atoms in total. The Bertz CT molecular complexity index is 1040. The highest BCUT2D eigenvalue weighted by Gasteiger charge is 2.45. The quantitative estimate of drug-likeness (QED) is 0.858. The summed E-state index contributed by atoms with van der Waals surface area (Å²) in [6.45, 7) is 1.21. The number of anilines is 1. The maximum absolute atomic E-state index is 12.5. The van der Waals surface area contributed by atoms with Crippen LogP contribution in [-0.4, -0.2) is 39.8 Å². The SMILES string of the molecule is N#C[C@H]1C[C@@H]1C(=O)N1CC=C(c2cc(NC(=O)C3CC3)nc3[nH]ccc23)CC1. The smallest absolute Gasteiger partial charge is 0.228 e. The van der Waals surface area contributed by atoms with Crippen LogP contribution in [0, 0.1) is 29.1 Å². The number of H-pyrrole nitrogens is 1. The van der Waals surface area contributed by atoms with Gasteiger partial charge in [-0.3, -0.25) is 9.59 Å². The first-order valence-corrected chi connectivity index (χ1v) is 9.81. The molecule has 2 fully saturated rings. The number of nitriles is 1. The Labute approximate surface area is 162 Å². The molecule has 0 bridgehead atoms. The van der Waals surface area contributed by atoms with Crippen molar-refractivity contribution in [2.45, 2.75) is 25.7 Å². The predicted molar refractivity (Wildman–Crippen MR) is 104 cm³/mol. The highest BCUT2D eigenvalue weighted by Crippen LogP contribution is 2.40. The van der Waals surface area contributed by atoms with E-state index in [0.29, 0.717) is 25.3 Å². The fourth-order valence-electron chi connectivity index (χ4n) is 3.90. The zero-order valence-electron chi connectivity index (χ0n) is 15.4. The Morgan fingerprint density at radius 3 is 2.89 bits per heavy atom. The zero-order chi connectivity index (χ0) is 19.3. The van der Waals surface area contributed by atoms with Crippen molar-refractivity contribution in [3.63, 3.8) is 0 Å². The molecule has 2 atom stereocenters. The van der Waals surface area contributed by atoms with E-state index < -0.39 is 0 Å². The van der Waals surface area contributed by atoms with Gasteiger partial charge in [-0.05, 0) is 49.0 Å². The number of aromatic amines is 1. The van der Waals surface area contributed by atoms with Crippen LogP contribution in [0.1, 0.15) is 31.2 Å². The predicted octanol–water partition coefficient (Wildman–Crippen LogP) is 2.69. The maximum atomic E-state index is 12.5. The fraction of sp³-hybridized carbons (Fsp3) is 0.429. The van der Waals surface area contributed by atoms with Gasteiger partial charge in [0.1, 0.15) is 11.5 Å². The van der Waals surface area contributed by atoms with Crippen LogP contribution in [0.4, 0.5) is 5.82 Å². The lowest BCUT2D eigenvalue weighted by atomic mass is 9.97. The van der Waals surface area contributed by atoms with Crippen LogP contribution in [-0.2, 0) is 9.59 Å². The van der Waals surface area contributed by atoms with Crippen molar-refractivity contribution in [1.82, 2.24) is 14.9 Å². The number of hydrogen-bond acceptors (Lipinski definition) is 4. The molecule has 2 N–H and O–H groups in total. The largest absolute Gasteiger partial charge is 0.346 e. The molecule has 2 amide bonds. The molecule has 2 aromatic heterocycles. The number of nitrogens with one attached hydrogen (secondary N) is 2. The Kier molecular flexibility index (Phi) is 3.93. The normalized spacial score (nSPS) is 23.8. The Morgan fingerprint density at radius 2 is 2.21 bits per heavy atom. The minimum Gasteiger partial charge on any atom is -0.346 e. The summed E-state index contributed by atoms with van der Waals surface area (Å²) in [6.07, 6.45) is 7.27. The first-order valence-electron chi connectivity index (χ1n) is 9.81. The van der Waals surface area contributed by atoms with Crippen LogP contribution in [0.2, 0.25) is 0 Å². The summed E-state index contributed by atoms with van der Waals surface area (Å²) in [5.74, 6) is 0.612. The van der Waals surface area contributed by atoms with Crippen molar-refractivity contribution in [3.05, 3.63) is 30.0 Å². The average molecular weight is 375 g/mol. The Morgan fingerprint density at radius 1 is 1.36 bits per heavy atom. The van der Waals surface area contributed by atoms with Gasteiger partial charge in [0.25, 0.3) is 0 Å². The summed E-state index contributed by atoms with van der Waals surface area (Å²) < 4.78 is 0. The number of rotatable bonds is 4. The monoisotopic (exact) mass is 375 g/mol. The summed E-state index contributed by atoms with van der Waals surface area (Å²) in [6, 6.07) is 6.11. The van der Waals surface area contributed by atoms with Crippen LogP contribution in [0.3, 0.4) is 0 Å². The third-order valence-corrected chi connectivity index (χ3v) is 5.87. The molecule has 5 rings (SSSR count). The lowest BCUT2D eigenvalue weighted by Gasteiger charge is -2.27. The van der Waals surface area contributed by atoms with Gasteiger partial charge >= 0.3 is 0 Å². The number of hydrogen-bond donors (Lipinski definition) is 2. The van der Waals surface area contributed by atoms with Crippen LogP contribution in [0.5, 0.6) is 0 Å². The van der Waals surface area contributed by atoms with Crippen LogP contribution in [0.15, 0.2) is 24.4 Å². The molecule has 0 saturated heterocycles. The second-order valence-corrected chi connectivity index (χ2v) is 7.90. The van der Waals surface area contributed by atoms with Gasteiger partial charge < -0.3 is 15.2 Å². The second kappa shape index (κ2) is 6.48. The highest BCUT2D eigenvalue weighted by molar-refractivity contribution is 5.97. The van der Waals surface area contributed by atoms with Gasteiger partial charge in [0.15, 0.2) is 0 Å². The van der Waals surface area contributed by atoms with E-state index >= 15 is 0 Å². The summed E-state index contributed by atoms with van der Waals surface area (Å²) in [5.41, 5.74) is 2.95. The topological polar surface area (TPSA) is 102 Å². The van der Waals surface area contributed by atoms with Gasteiger partial charge in [0, 0.05) is 30.6 Å². The molecule has 0 aromatic carbocycles. The number of carbonyl (C=O) groups is 2. The first kappa shape index (κ1) is 17.0. The van der Waals surface area contributed by atoms with Crippen molar-refractivity contribution in [2.75, 3.05) is 18.4 Å². The number of amides is 2. The van der Waals surface area contributed by atoms with Crippen molar-refractivity contribution in [3.8, 4) is 6.07 Å². The van der Waals surface area contributed by atoms with E-state index in [2.05, 4.69) is 27.4 Å². The van der Waals surface area contributed by atoms with E-state index in [1.54, 1.807) is 0 Å². The van der Waals surface area contributed by atoms with Crippen molar-refractivity contribution < 1.29 is 9.59 Å². The lowest BCUT2D eigenvalue weighted by molar-refractivity contribution is -0.132. The molecule has 2 saturated carbocycles. The molecule has 0 unspecified atom stereocenters. The molecule has 2 aliphatic carbocycles. The van der Waals surface area contributed by atoms with E-state index in [9.17, 15) is 9.59 Å². The van der Waals surface area contributed by atoms with E-state index in [0.717, 1.165) is 41.4 Å². The van der Waals surface area contributed by atoms with Gasteiger partial charge in [-0.2, -0.15) is 5.26 Å². The fourth-order valence-corrected chi connectivity index (χ4v) is 3.90. The van der Waals surface area contributed by atoms with Crippen molar-refractivity contribution >= 4 is 34.2 Å². The molecule has 3 heterocycles. The number of pyridine rings is 1. The Hall–Kier alpha value is -3.14. The summed E-state index contributed by atoms with van der Waals surface area (Å²) in [5, 5.41) is 12.9. The summed E-state index contributed by atoms with van der Waals surface area (Å²) in [7, 11) is 0. The average Bonchev–Trinajstić information content (AvgIpc) is 3.63. The van der Waals surface area contributed by atoms with E-state index in [1.165, 1.54) is 0 Å². The molecular formula is C21H21N5O2. The van der Waals surface area contributed by atoms with Gasteiger partial charge in [-0.15, -0.1) is 0 Å². The molecular weight excluding hydrogens is 354 g/mol. The maximum Gasteiger partial charge on any atom is 0.228 e. The summed E-state index contributed by atoms with van der Waals surface area (Å²) >= 11 is 0. The van der Waals surface area contributed by atoms with Crippen molar-refractivity contribution in [1.29, 1.82) is 5.26 Å². The second-order valence-electron chi connectivity index (χ2n) is 7.90. The number of fused-ring (bicyclic) bond motifs is 1. The molecule has 28 heavy (non-hydrogen) atoms. The minimum absolute atomic E-state index is 0.0373. The van der Waals surface area contributed by atoms with Gasteiger partial charge in [0.2, 0.25) is 11.8 Å². The first-order chi connectivity index (χ1) is 13.6. The molecule has 7 heteroatoms. The summed E-state index contributed by atoms with van der Waals surface area (Å²) in [4.78, 5) is 34.1. The van der Waals surface area contributed by atoms with Gasteiger partial charge in [0.05, 0.1) is 17.9 Å². The molecule has 0 spiro atoms. The third-order valence-electron chi connectivity index (χ3n) is 5.87. The lowest BCUT2D eigenvalue weighted by Crippen LogP contribution is -2.36. The number of carbonyl (C=O) groups excluding carboxylic acids is 2. The minimum atomic E-state index is -0.110. The highest BCUT2D eigenvalue weighted by atomic mass is 16.2. The van der Waals surface area contributed by atoms with Gasteiger partial charge in [-0.1, -0.05) is 6.08 Å². The molecule has 1 aliphatic heterocycles. The van der Waals surface area contributed by atoms with Crippen LogP contribution < -0.4 is 5.32 Å². The molecule has 2 aromatic rings. The van der Waals surface area contributed by atoms with Gasteiger partial charge in [-0.25, -0.2) is 4.98 Å². The van der Waals surface area contributed by atoms with E-state index in [4.69, 9.17) is 5.26 Å². The van der Waals surface area contributed by atoms with Crippen LogP contribution >= 0.6 is 0 Å². The number of nitrogens with zero attached hydrogens (tertiary/aromatic N) is 3. The molecule has 0 radical (unpaired) electrons. The van der Waals surface area contributed by atoms with Crippen LogP contribution in [0.25, 0.3) is 16.6 Å². The third kappa shape index (κ3) is 3.05. The molecule has 3 aliphatic rings. The zero-order valence-corrected chi connectivity index (χ0v) is 15.4. The number of aromatic nitrogens is 2. The Balaban J connectivity index is 1.38. The van der Waals surface area contributed by atoms with E-state index in [1.807, 2.05) is 23.2 Å². The van der Waals surface area contributed by atoms with E-state index in [-0.39, 0.29) is 29.6 Å². The standard InChI is InChI=1S/C21H21N5O2/c22-11-14-9-17(14)21(28)26-7-4-12(5-8-26)16-10-18(25-20(27)13-1-2-13)24-19-15(16)3-6-23-19/h3-4,6,10,13-14,17H,1-2,5,7-9H2,(H2,23,24,25,27)/t14-,17+/m1/s1. The van der Waals surface area contributed by atoms with Crippen molar-refractivity contribution in [2.24, 2.45) is 17.8 Å². The molecule has 142 valence electrons.